The second kappa shape index (κ2) is 9.31. The van der Waals surface area contributed by atoms with Crippen LogP contribution in [0.4, 0.5) is 4.79 Å². The number of methoxy groups -OCH3 is 1. The predicted molar refractivity (Wildman–Crippen MR) is 127 cm³/mol. The van der Waals surface area contributed by atoms with E-state index < -0.39 is 0 Å². The quantitative estimate of drug-likeness (QED) is 0.647. The lowest BCUT2D eigenvalue weighted by Gasteiger charge is -2.37. The average Bonchev–Trinajstić information content (AvgIpc) is 3.08. The van der Waals surface area contributed by atoms with Gasteiger partial charge in [0.25, 0.3) is 0 Å². The van der Waals surface area contributed by atoms with Crippen molar-refractivity contribution in [1.82, 2.24) is 14.7 Å². The van der Waals surface area contributed by atoms with E-state index in [0.717, 1.165) is 0 Å². The number of carbonyl (C=O) groups excluding carboxylic acids is 1. The maximum Gasteiger partial charge on any atom is 0.417 e. The van der Waals surface area contributed by atoms with Gasteiger partial charge in [-0.2, -0.15) is 0 Å². The van der Waals surface area contributed by atoms with Gasteiger partial charge >= 0.3 is 6.09 Å². The van der Waals surface area contributed by atoms with Crippen molar-refractivity contribution in [2.45, 2.75) is 32.1 Å². The third-order valence-electron chi connectivity index (χ3n) is 6.76. The minimum Gasteiger partial charge on any atom is -0.452 e. The smallest absolute Gasteiger partial charge is 0.417 e. The molecule has 2 aliphatic heterocycles. The highest BCUT2D eigenvalue weighted by Crippen LogP contribution is 2.49. The highest BCUT2D eigenvalue weighted by molar-refractivity contribution is 5.70. The molecule has 5 nitrogen and oxygen atoms in total. The van der Waals surface area contributed by atoms with Gasteiger partial charge in [0.05, 0.1) is 25.4 Å². The first kappa shape index (κ1) is 22.3. The summed E-state index contributed by atoms with van der Waals surface area (Å²) < 4.78 is 4.99. The van der Waals surface area contributed by atoms with E-state index in [4.69, 9.17) is 4.74 Å². The predicted octanol–water partition coefficient (Wildman–Crippen LogP) is 5.42. The Balaban J connectivity index is 1.81. The molecule has 3 atom stereocenters. The van der Waals surface area contributed by atoms with Gasteiger partial charge < -0.3 is 4.74 Å². The molecule has 0 aliphatic carbocycles. The molecule has 0 aromatic heterocycles. The Labute approximate surface area is 191 Å². The molecule has 2 aromatic rings. The minimum atomic E-state index is -0.372. The van der Waals surface area contributed by atoms with E-state index >= 15 is 0 Å². The minimum absolute atomic E-state index is 0.0370. The average molecular weight is 432 g/mol. The van der Waals surface area contributed by atoms with Crippen LogP contribution in [0.1, 0.15) is 37.1 Å². The number of hydrogen-bond donors (Lipinski definition) is 0. The van der Waals surface area contributed by atoms with Gasteiger partial charge in [-0.15, -0.1) is 0 Å². The summed E-state index contributed by atoms with van der Waals surface area (Å²) in [6.07, 6.45) is 5.60. The summed E-state index contributed by atoms with van der Waals surface area (Å²) in [5.74, 6) is 0.641. The summed E-state index contributed by atoms with van der Waals surface area (Å²) in [7, 11) is 5.81. The van der Waals surface area contributed by atoms with E-state index in [-0.39, 0.29) is 30.3 Å². The Bertz CT molecular complexity index is 935. The molecule has 0 unspecified atom stereocenters. The first-order valence-electron chi connectivity index (χ1n) is 11.2. The number of rotatable bonds is 4. The van der Waals surface area contributed by atoms with Gasteiger partial charge in [-0.05, 0) is 36.7 Å². The molecule has 0 spiro atoms. The molecule has 2 heterocycles. The lowest BCUT2D eigenvalue weighted by molar-refractivity contribution is 0.146. The van der Waals surface area contributed by atoms with Crippen LogP contribution in [-0.2, 0) is 4.74 Å². The van der Waals surface area contributed by atoms with E-state index in [1.54, 1.807) is 4.90 Å². The zero-order valence-corrected chi connectivity index (χ0v) is 19.6. The number of amides is 1. The Morgan fingerprint density at radius 3 is 1.81 bits per heavy atom. The molecular weight excluding hydrogens is 398 g/mol. The van der Waals surface area contributed by atoms with Crippen LogP contribution < -0.4 is 0 Å². The zero-order chi connectivity index (χ0) is 22.8. The first-order chi connectivity index (χ1) is 15.4. The normalized spacial score (nSPS) is 24.8. The molecule has 1 amide bonds. The van der Waals surface area contributed by atoms with Crippen LogP contribution >= 0.6 is 0 Å². The van der Waals surface area contributed by atoms with E-state index in [2.05, 4.69) is 104 Å². The largest absolute Gasteiger partial charge is 0.452 e. The third-order valence-corrected chi connectivity index (χ3v) is 6.76. The second-order valence-electron chi connectivity index (χ2n) is 9.03. The van der Waals surface area contributed by atoms with Crippen LogP contribution in [0.25, 0.3) is 0 Å². The monoisotopic (exact) mass is 431 g/mol. The van der Waals surface area contributed by atoms with Gasteiger partial charge in [-0.1, -0.05) is 80.6 Å². The molecule has 4 rings (SSSR count). The number of allylic oxidation sites excluding steroid dienone is 1. The van der Waals surface area contributed by atoms with Gasteiger partial charge in [0.1, 0.15) is 0 Å². The molecule has 1 fully saturated rings. The molecule has 0 radical (unpaired) electrons. The van der Waals surface area contributed by atoms with Crippen molar-refractivity contribution in [3.05, 3.63) is 95.8 Å². The van der Waals surface area contributed by atoms with Gasteiger partial charge in [-0.3, -0.25) is 14.7 Å². The van der Waals surface area contributed by atoms with Crippen molar-refractivity contribution in [2.75, 3.05) is 21.2 Å². The fourth-order valence-electron chi connectivity index (χ4n) is 5.29. The Morgan fingerprint density at radius 2 is 1.38 bits per heavy atom. The SMILES string of the molecule is COC(=O)N1C=C[C@@H](C(C)C)C(C2N(C)[C@@H](c3ccccc3)[C@H](c3ccccc3)N2C)=C1. The maximum atomic E-state index is 12.3. The lowest BCUT2D eigenvalue weighted by atomic mass is 9.85. The highest BCUT2D eigenvalue weighted by Gasteiger charge is 2.47. The van der Waals surface area contributed by atoms with E-state index in [1.165, 1.54) is 23.8 Å². The topological polar surface area (TPSA) is 36.0 Å². The summed E-state index contributed by atoms with van der Waals surface area (Å²) >= 11 is 0. The lowest BCUT2D eigenvalue weighted by Crippen LogP contribution is -2.42. The molecule has 0 saturated carbocycles. The Kier molecular flexibility index (Phi) is 6.49. The second-order valence-corrected chi connectivity index (χ2v) is 9.03. The number of carbonyl (C=O) groups is 1. The maximum absolute atomic E-state index is 12.3. The molecule has 2 aromatic carbocycles. The standard InChI is InChI=1S/C27H33N3O2/c1-19(2)22-16-17-30(27(31)32-5)18-23(22)26-28(3)24(20-12-8-6-9-13-20)25(29(26)4)21-14-10-7-11-15-21/h6-19,22,24-26H,1-5H3/t22-,24-,25-/m0/s1. The van der Waals surface area contributed by atoms with Gasteiger partial charge in [0.2, 0.25) is 0 Å². The Hall–Kier alpha value is -2.89. The summed E-state index contributed by atoms with van der Waals surface area (Å²) in [6.45, 7) is 4.46. The van der Waals surface area contributed by atoms with Crippen LogP contribution in [0.5, 0.6) is 0 Å². The summed E-state index contributed by atoms with van der Waals surface area (Å²) in [4.78, 5) is 18.8. The van der Waals surface area contributed by atoms with Crippen molar-refractivity contribution >= 4 is 6.09 Å². The number of hydrogen-bond acceptors (Lipinski definition) is 4. The molecule has 168 valence electrons. The fraction of sp³-hybridized carbons (Fsp3) is 0.370. The Morgan fingerprint density at radius 1 is 0.875 bits per heavy atom. The van der Waals surface area contributed by atoms with Crippen molar-refractivity contribution in [2.24, 2.45) is 11.8 Å². The van der Waals surface area contributed by atoms with Crippen LogP contribution in [-0.4, -0.2) is 48.2 Å². The summed E-state index contributed by atoms with van der Waals surface area (Å²) in [5.41, 5.74) is 3.78. The summed E-state index contributed by atoms with van der Waals surface area (Å²) in [5, 5.41) is 0. The highest BCUT2D eigenvalue weighted by atomic mass is 16.5. The van der Waals surface area contributed by atoms with Crippen LogP contribution in [0.2, 0.25) is 0 Å². The van der Waals surface area contributed by atoms with Gasteiger partial charge in [0.15, 0.2) is 0 Å². The molecular formula is C27H33N3O2. The zero-order valence-electron chi connectivity index (χ0n) is 19.6. The number of likely N-dealkylation sites (N-methyl/N-ethyl adjacent to an activating group) is 2. The summed E-state index contributed by atoms with van der Waals surface area (Å²) in [6, 6.07) is 21.8. The van der Waals surface area contributed by atoms with Gasteiger partial charge in [-0.25, -0.2) is 4.79 Å². The molecule has 1 saturated heterocycles. The van der Waals surface area contributed by atoms with Crippen LogP contribution in [0.3, 0.4) is 0 Å². The van der Waals surface area contributed by atoms with E-state index in [0.29, 0.717) is 5.92 Å². The third kappa shape index (κ3) is 3.98. The molecule has 0 bridgehead atoms. The fourth-order valence-corrected chi connectivity index (χ4v) is 5.29. The van der Waals surface area contributed by atoms with Crippen LogP contribution in [0, 0.1) is 11.8 Å². The van der Waals surface area contributed by atoms with E-state index in [9.17, 15) is 4.79 Å². The molecule has 5 heteroatoms. The number of ether oxygens (including phenoxy) is 1. The van der Waals surface area contributed by atoms with E-state index in [1.807, 2.05) is 12.4 Å². The number of benzene rings is 2. The molecule has 32 heavy (non-hydrogen) atoms. The van der Waals surface area contributed by atoms with Crippen molar-refractivity contribution in [3.8, 4) is 0 Å². The number of nitrogens with zero attached hydrogens (tertiary/aromatic N) is 3. The van der Waals surface area contributed by atoms with Gasteiger partial charge in [0, 0.05) is 18.3 Å². The molecule has 2 aliphatic rings. The van der Waals surface area contributed by atoms with Crippen molar-refractivity contribution < 1.29 is 9.53 Å². The molecule has 0 N–H and O–H groups in total. The first-order valence-corrected chi connectivity index (χ1v) is 11.2. The van der Waals surface area contributed by atoms with Crippen molar-refractivity contribution in [1.29, 1.82) is 0 Å². The van der Waals surface area contributed by atoms with Crippen LogP contribution in [0.15, 0.2) is 84.7 Å². The van der Waals surface area contributed by atoms with Crippen molar-refractivity contribution in [3.63, 3.8) is 0 Å².